The Balaban J connectivity index is 1.96. The molecule has 1 amide bonds. The molecule has 1 aromatic heterocycles. The average molecular weight is 294 g/mol. The van der Waals surface area contributed by atoms with Crippen molar-refractivity contribution in [1.82, 2.24) is 10.2 Å². The van der Waals surface area contributed by atoms with E-state index in [1.165, 1.54) is 0 Å². The van der Waals surface area contributed by atoms with E-state index in [-0.39, 0.29) is 5.91 Å². The van der Waals surface area contributed by atoms with Crippen molar-refractivity contribution in [2.24, 2.45) is 0 Å². The fourth-order valence-corrected chi connectivity index (χ4v) is 2.75. The maximum absolute atomic E-state index is 12.2. The van der Waals surface area contributed by atoms with Crippen LogP contribution in [-0.4, -0.2) is 40.5 Å². The number of likely N-dealkylation sites (tertiary alicyclic amines) is 1. The number of furan rings is 1. The van der Waals surface area contributed by atoms with Gasteiger partial charge < -0.3 is 14.8 Å². The monoisotopic (exact) mass is 294 g/mol. The topological polar surface area (TPSA) is 82.8 Å². The van der Waals surface area contributed by atoms with Crippen molar-refractivity contribution >= 4 is 11.9 Å². The van der Waals surface area contributed by atoms with Crippen LogP contribution in [0.3, 0.4) is 0 Å². The van der Waals surface area contributed by atoms with Gasteiger partial charge in [0.1, 0.15) is 11.8 Å². The molecule has 1 aliphatic heterocycles. The van der Waals surface area contributed by atoms with Gasteiger partial charge in [-0.2, -0.15) is 0 Å². The predicted molar refractivity (Wildman–Crippen MR) is 76.6 cm³/mol. The minimum Gasteiger partial charge on any atom is -0.480 e. The van der Waals surface area contributed by atoms with Crippen LogP contribution in [0.2, 0.25) is 0 Å². The zero-order valence-corrected chi connectivity index (χ0v) is 12.2. The summed E-state index contributed by atoms with van der Waals surface area (Å²) in [6.07, 6.45) is 5.00. The molecule has 6 heteroatoms. The van der Waals surface area contributed by atoms with Crippen LogP contribution in [0.4, 0.5) is 0 Å². The smallest absolute Gasteiger partial charge is 0.320 e. The highest BCUT2D eigenvalue weighted by atomic mass is 16.4. The molecule has 2 N–H and O–H groups in total. The molecule has 1 aromatic rings. The molecule has 0 aromatic carbocycles. The normalized spacial score (nSPS) is 21.5. The second-order valence-corrected chi connectivity index (χ2v) is 5.41. The molecular weight excluding hydrogens is 272 g/mol. The van der Waals surface area contributed by atoms with E-state index < -0.39 is 18.1 Å². The Morgan fingerprint density at radius 1 is 1.48 bits per heavy atom. The number of carboxylic acid groups (broad SMARTS) is 1. The number of hydrogen-bond donors (Lipinski definition) is 2. The van der Waals surface area contributed by atoms with Crippen LogP contribution >= 0.6 is 0 Å². The lowest BCUT2D eigenvalue weighted by molar-refractivity contribution is -0.145. The molecule has 0 spiro atoms. The number of nitrogens with zero attached hydrogens (tertiary/aromatic N) is 1. The van der Waals surface area contributed by atoms with Gasteiger partial charge in [0, 0.05) is 0 Å². The Morgan fingerprint density at radius 2 is 2.29 bits per heavy atom. The molecule has 116 valence electrons. The second-order valence-electron chi connectivity index (χ2n) is 5.41. The van der Waals surface area contributed by atoms with Crippen molar-refractivity contribution < 1.29 is 19.1 Å². The molecule has 0 radical (unpaired) electrons. The molecule has 2 heterocycles. The molecule has 1 saturated heterocycles. The third-order valence-corrected chi connectivity index (χ3v) is 3.97. The summed E-state index contributed by atoms with van der Waals surface area (Å²) in [7, 11) is 0. The van der Waals surface area contributed by atoms with Crippen molar-refractivity contribution in [3.63, 3.8) is 0 Å². The van der Waals surface area contributed by atoms with Gasteiger partial charge in [-0.15, -0.1) is 0 Å². The number of carbonyl (C=O) groups is 2. The van der Waals surface area contributed by atoms with E-state index in [2.05, 4.69) is 5.32 Å². The van der Waals surface area contributed by atoms with Gasteiger partial charge in [0.25, 0.3) is 0 Å². The summed E-state index contributed by atoms with van der Waals surface area (Å²) in [5.74, 6) is -0.330. The Morgan fingerprint density at radius 3 is 2.95 bits per heavy atom. The van der Waals surface area contributed by atoms with E-state index in [0.29, 0.717) is 25.3 Å². The first-order chi connectivity index (χ1) is 10.1. The first-order valence-corrected chi connectivity index (χ1v) is 7.38. The van der Waals surface area contributed by atoms with E-state index >= 15 is 0 Å². The second kappa shape index (κ2) is 7.26. The lowest BCUT2D eigenvalue weighted by Gasteiger charge is -2.31. The van der Waals surface area contributed by atoms with Crippen molar-refractivity contribution in [1.29, 1.82) is 0 Å². The number of rotatable bonds is 5. The summed E-state index contributed by atoms with van der Waals surface area (Å²) in [5, 5.41) is 12.2. The maximum atomic E-state index is 12.2. The van der Waals surface area contributed by atoms with Gasteiger partial charge >= 0.3 is 5.97 Å². The summed E-state index contributed by atoms with van der Waals surface area (Å²) < 4.78 is 5.17. The van der Waals surface area contributed by atoms with Crippen LogP contribution in [-0.2, 0) is 16.1 Å². The minimum absolute atomic E-state index is 0.167. The van der Waals surface area contributed by atoms with E-state index in [1.807, 2.05) is 0 Å². The van der Waals surface area contributed by atoms with Crippen LogP contribution in [0.25, 0.3) is 0 Å². The molecule has 6 nitrogen and oxygen atoms in total. The highest BCUT2D eigenvalue weighted by Gasteiger charge is 2.33. The van der Waals surface area contributed by atoms with E-state index in [0.717, 1.165) is 19.3 Å². The largest absolute Gasteiger partial charge is 0.480 e. The summed E-state index contributed by atoms with van der Waals surface area (Å²) in [6.45, 7) is 2.73. The third-order valence-electron chi connectivity index (χ3n) is 3.97. The number of amides is 1. The van der Waals surface area contributed by atoms with Crippen LogP contribution in [0, 0.1) is 0 Å². The fourth-order valence-electron chi connectivity index (χ4n) is 2.75. The van der Waals surface area contributed by atoms with Crippen molar-refractivity contribution in [2.45, 2.75) is 51.2 Å². The molecule has 0 bridgehead atoms. The highest BCUT2D eigenvalue weighted by Crippen LogP contribution is 2.19. The number of nitrogens with one attached hydrogen (secondary N) is 1. The standard InChI is InChI=1S/C15H22N2O4/c1-11(14(18)16-10-12-6-5-9-21-12)17-8-4-2-3-7-13(17)15(19)20/h5-6,9,11,13H,2-4,7-8,10H2,1H3,(H,16,18)(H,19,20). The first kappa shape index (κ1) is 15.6. The SMILES string of the molecule is CC(C(=O)NCc1ccco1)N1CCCCCC1C(=O)O. The minimum atomic E-state index is -0.845. The predicted octanol–water partition coefficient (Wildman–Crippen LogP) is 1.61. The maximum Gasteiger partial charge on any atom is 0.320 e. The van der Waals surface area contributed by atoms with Gasteiger partial charge in [-0.25, -0.2) is 0 Å². The van der Waals surface area contributed by atoms with Crippen LogP contribution in [0.1, 0.15) is 38.4 Å². The van der Waals surface area contributed by atoms with Gasteiger partial charge in [-0.3, -0.25) is 14.5 Å². The molecular formula is C15H22N2O4. The van der Waals surface area contributed by atoms with Gasteiger partial charge in [-0.05, 0) is 38.4 Å². The zero-order valence-electron chi connectivity index (χ0n) is 12.2. The van der Waals surface area contributed by atoms with Gasteiger partial charge in [0.05, 0.1) is 18.8 Å². The molecule has 21 heavy (non-hydrogen) atoms. The summed E-state index contributed by atoms with van der Waals surface area (Å²) in [5.41, 5.74) is 0. The average Bonchev–Trinajstić information content (AvgIpc) is 2.86. The van der Waals surface area contributed by atoms with E-state index in [4.69, 9.17) is 4.42 Å². The highest BCUT2D eigenvalue weighted by molar-refractivity contribution is 5.82. The Hall–Kier alpha value is -1.82. The number of hydrogen-bond acceptors (Lipinski definition) is 4. The fraction of sp³-hybridized carbons (Fsp3) is 0.600. The Bertz CT molecular complexity index is 472. The summed E-state index contributed by atoms with van der Waals surface area (Å²) >= 11 is 0. The molecule has 1 fully saturated rings. The molecule has 0 aliphatic carbocycles. The zero-order chi connectivity index (χ0) is 15.2. The van der Waals surface area contributed by atoms with Crippen molar-refractivity contribution in [2.75, 3.05) is 6.54 Å². The number of carbonyl (C=O) groups excluding carboxylic acids is 1. The lowest BCUT2D eigenvalue weighted by atomic mass is 10.1. The van der Waals surface area contributed by atoms with Crippen LogP contribution in [0.15, 0.2) is 22.8 Å². The molecule has 0 saturated carbocycles. The van der Waals surface area contributed by atoms with Crippen LogP contribution < -0.4 is 5.32 Å². The van der Waals surface area contributed by atoms with E-state index in [1.54, 1.807) is 30.2 Å². The van der Waals surface area contributed by atoms with Gasteiger partial charge in [0.2, 0.25) is 5.91 Å². The quantitative estimate of drug-likeness (QED) is 0.862. The molecule has 1 aliphatic rings. The number of carboxylic acids is 1. The van der Waals surface area contributed by atoms with Crippen molar-refractivity contribution in [3.05, 3.63) is 24.2 Å². The molecule has 2 unspecified atom stereocenters. The molecule has 2 atom stereocenters. The molecule has 2 rings (SSSR count). The number of aliphatic carboxylic acids is 1. The lowest BCUT2D eigenvalue weighted by Crippen LogP contribution is -2.52. The Labute approximate surface area is 124 Å². The summed E-state index contributed by atoms with van der Waals surface area (Å²) in [6, 6.07) is 2.52. The van der Waals surface area contributed by atoms with Gasteiger partial charge in [0.15, 0.2) is 0 Å². The van der Waals surface area contributed by atoms with Crippen molar-refractivity contribution in [3.8, 4) is 0 Å². The first-order valence-electron chi connectivity index (χ1n) is 7.38. The van der Waals surface area contributed by atoms with Gasteiger partial charge in [-0.1, -0.05) is 12.8 Å². The summed E-state index contributed by atoms with van der Waals surface area (Å²) in [4.78, 5) is 25.4. The Kier molecular flexibility index (Phi) is 5.38. The third kappa shape index (κ3) is 4.07. The van der Waals surface area contributed by atoms with Crippen LogP contribution in [0.5, 0.6) is 0 Å². The van der Waals surface area contributed by atoms with E-state index in [9.17, 15) is 14.7 Å².